The largest absolute Gasteiger partial charge is 0.394 e. The van der Waals surface area contributed by atoms with Gasteiger partial charge in [0, 0.05) is 24.7 Å². The van der Waals surface area contributed by atoms with Crippen molar-refractivity contribution in [3.05, 3.63) is 0 Å². The summed E-state index contributed by atoms with van der Waals surface area (Å²) in [5, 5.41) is 31.0. The van der Waals surface area contributed by atoms with Crippen molar-refractivity contribution < 1.29 is 24.9 Å². The molecule has 1 saturated carbocycles. The maximum atomic E-state index is 12.3. The molecule has 0 bridgehead atoms. The fraction of sp³-hybridized carbons (Fsp3) is 0.950. The van der Waals surface area contributed by atoms with Crippen LogP contribution in [0.3, 0.4) is 0 Å². The Morgan fingerprint density at radius 3 is 2.36 bits per heavy atom. The Hall–Kier alpha value is -0.490. The first-order chi connectivity index (χ1) is 11.4. The van der Waals surface area contributed by atoms with Crippen LogP contribution in [0.1, 0.15) is 79.6 Å². The van der Waals surface area contributed by atoms with E-state index in [4.69, 9.17) is 4.74 Å². The normalized spacial score (nSPS) is 42.3. The van der Waals surface area contributed by atoms with Gasteiger partial charge in [-0.15, -0.1) is 0 Å². The molecule has 1 saturated heterocycles. The Morgan fingerprint density at radius 2 is 1.80 bits per heavy atom. The van der Waals surface area contributed by atoms with Crippen LogP contribution in [0, 0.1) is 16.7 Å². The van der Waals surface area contributed by atoms with Crippen LogP contribution in [0.25, 0.3) is 0 Å². The summed E-state index contributed by atoms with van der Waals surface area (Å²) < 4.78 is 6.10. The molecule has 2 fully saturated rings. The molecule has 0 amide bonds. The van der Waals surface area contributed by atoms with Gasteiger partial charge in [0.1, 0.15) is 11.9 Å². The number of ketones is 1. The van der Waals surface area contributed by atoms with Gasteiger partial charge in [-0.25, -0.2) is 0 Å². The van der Waals surface area contributed by atoms with E-state index in [2.05, 4.69) is 13.8 Å². The monoisotopic (exact) mass is 356 g/mol. The fourth-order valence-corrected chi connectivity index (χ4v) is 5.20. The average molecular weight is 357 g/mol. The van der Waals surface area contributed by atoms with E-state index in [1.165, 1.54) is 0 Å². The lowest BCUT2D eigenvalue weighted by Gasteiger charge is -2.56. The van der Waals surface area contributed by atoms with Gasteiger partial charge in [0.05, 0.1) is 12.2 Å². The van der Waals surface area contributed by atoms with Gasteiger partial charge in [-0.2, -0.15) is 0 Å². The third-order valence-electron chi connectivity index (χ3n) is 7.19. The highest BCUT2D eigenvalue weighted by Crippen LogP contribution is 2.61. The maximum Gasteiger partial charge on any atom is 0.172 e. The summed E-state index contributed by atoms with van der Waals surface area (Å²) in [6.45, 7) is 9.63. The molecule has 1 aliphatic carbocycles. The summed E-state index contributed by atoms with van der Waals surface area (Å²) in [5.74, 6) is -1.17. The molecular weight excluding hydrogens is 320 g/mol. The minimum atomic E-state index is -1.39. The second-order valence-corrected chi connectivity index (χ2v) is 9.31. The number of aliphatic hydroxyl groups is 3. The highest BCUT2D eigenvalue weighted by Gasteiger charge is 2.63. The van der Waals surface area contributed by atoms with Crippen molar-refractivity contribution in [3.8, 4) is 0 Å². The Morgan fingerprint density at radius 1 is 1.16 bits per heavy atom. The SMILES string of the molecule is CCC(=O)CC1C(C)(C)CCCC1(C)C1(O)CCC(C)(C(O)CO)O1. The summed E-state index contributed by atoms with van der Waals surface area (Å²) in [5.41, 5.74) is -1.59. The van der Waals surface area contributed by atoms with Gasteiger partial charge in [-0.3, -0.25) is 4.79 Å². The van der Waals surface area contributed by atoms with Crippen LogP contribution in [0.4, 0.5) is 0 Å². The van der Waals surface area contributed by atoms with E-state index in [1.807, 2.05) is 13.8 Å². The van der Waals surface area contributed by atoms with E-state index in [9.17, 15) is 20.1 Å². The first-order valence-corrected chi connectivity index (χ1v) is 9.67. The second-order valence-electron chi connectivity index (χ2n) is 9.31. The van der Waals surface area contributed by atoms with Gasteiger partial charge in [-0.1, -0.05) is 34.1 Å². The molecule has 5 unspecified atom stereocenters. The zero-order chi connectivity index (χ0) is 19.1. The lowest BCUT2D eigenvalue weighted by molar-refractivity contribution is -0.317. The van der Waals surface area contributed by atoms with Gasteiger partial charge >= 0.3 is 0 Å². The first kappa shape index (κ1) is 20.8. The molecule has 0 spiro atoms. The van der Waals surface area contributed by atoms with Crippen LogP contribution < -0.4 is 0 Å². The molecule has 0 radical (unpaired) electrons. The predicted octanol–water partition coefficient (Wildman–Crippen LogP) is 2.80. The van der Waals surface area contributed by atoms with Crippen LogP contribution in [0.2, 0.25) is 0 Å². The van der Waals surface area contributed by atoms with Crippen LogP contribution in [-0.4, -0.2) is 45.2 Å². The van der Waals surface area contributed by atoms with Gasteiger partial charge in [0.2, 0.25) is 0 Å². The van der Waals surface area contributed by atoms with E-state index in [1.54, 1.807) is 6.92 Å². The Balaban J connectivity index is 2.37. The third-order valence-corrected chi connectivity index (χ3v) is 7.19. The molecule has 1 heterocycles. The number of aliphatic hydroxyl groups excluding tert-OH is 2. The molecular formula is C20H36O5. The zero-order valence-electron chi connectivity index (χ0n) is 16.5. The second kappa shape index (κ2) is 6.91. The molecule has 0 aromatic heterocycles. The van der Waals surface area contributed by atoms with Crippen molar-refractivity contribution in [3.63, 3.8) is 0 Å². The summed E-state index contributed by atoms with van der Waals surface area (Å²) >= 11 is 0. The quantitative estimate of drug-likeness (QED) is 0.681. The van der Waals surface area contributed by atoms with Gasteiger partial charge in [0.15, 0.2) is 5.79 Å². The van der Waals surface area contributed by atoms with Crippen LogP contribution in [-0.2, 0) is 9.53 Å². The fourth-order valence-electron chi connectivity index (χ4n) is 5.20. The topological polar surface area (TPSA) is 87.0 Å². The number of carbonyl (C=O) groups excluding carboxylic acids is 1. The zero-order valence-corrected chi connectivity index (χ0v) is 16.5. The molecule has 2 rings (SSSR count). The van der Waals surface area contributed by atoms with Gasteiger partial charge < -0.3 is 20.1 Å². The number of carbonyl (C=O) groups is 1. The molecule has 1 aliphatic heterocycles. The highest BCUT2D eigenvalue weighted by atomic mass is 16.7. The average Bonchev–Trinajstić information content (AvgIpc) is 2.88. The molecule has 0 aromatic rings. The van der Waals surface area contributed by atoms with Crippen LogP contribution in [0.15, 0.2) is 0 Å². The van der Waals surface area contributed by atoms with Crippen molar-refractivity contribution in [2.45, 2.75) is 97.1 Å². The van der Waals surface area contributed by atoms with Crippen molar-refractivity contribution >= 4 is 5.78 Å². The van der Waals surface area contributed by atoms with Crippen molar-refractivity contribution in [1.82, 2.24) is 0 Å². The van der Waals surface area contributed by atoms with Crippen molar-refractivity contribution in [2.24, 2.45) is 16.7 Å². The van der Waals surface area contributed by atoms with E-state index in [-0.39, 0.29) is 17.1 Å². The molecule has 5 heteroatoms. The minimum absolute atomic E-state index is 0.0137. The van der Waals surface area contributed by atoms with E-state index in [0.29, 0.717) is 25.7 Å². The number of hydrogen-bond donors (Lipinski definition) is 3. The standard InChI is InChI=1S/C20H36O5/c1-6-14(22)12-15-17(2,3)8-7-9-18(15,4)20(24)11-10-19(5,25-20)16(23)13-21/h15-16,21,23-24H,6-13H2,1-5H3. The third kappa shape index (κ3) is 3.53. The highest BCUT2D eigenvalue weighted by molar-refractivity contribution is 5.78. The van der Waals surface area contributed by atoms with E-state index < -0.39 is 29.5 Å². The molecule has 5 atom stereocenters. The summed E-state index contributed by atoms with van der Waals surface area (Å²) in [6, 6.07) is 0. The minimum Gasteiger partial charge on any atom is -0.394 e. The lowest BCUT2D eigenvalue weighted by Crippen LogP contribution is -2.58. The Bertz CT molecular complexity index is 504. The van der Waals surface area contributed by atoms with Crippen LogP contribution in [0.5, 0.6) is 0 Å². The molecule has 25 heavy (non-hydrogen) atoms. The summed E-state index contributed by atoms with van der Waals surface area (Å²) in [7, 11) is 0. The molecule has 5 nitrogen and oxygen atoms in total. The van der Waals surface area contributed by atoms with Crippen molar-refractivity contribution in [1.29, 1.82) is 0 Å². The molecule has 3 N–H and O–H groups in total. The lowest BCUT2D eigenvalue weighted by atomic mass is 9.52. The van der Waals surface area contributed by atoms with Crippen LogP contribution >= 0.6 is 0 Å². The number of rotatable bonds is 6. The summed E-state index contributed by atoms with van der Waals surface area (Å²) in [6.07, 6.45) is 3.60. The first-order valence-electron chi connectivity index (χ1n) is 9.67. The van der Waals surface area contributed by atoms with Gasteiger partial charge in [0.25, 0.3) is 0 Å². The number of Topliss-reactive ketones (excluding diaryl/α,β-unsaturated/α-hetero) is 1. The molecule has 146 valence electrons. The summed E-state index contributed by atoms with van der Waals surface area (Å²) in [4.78, 5) is 12.3. The Kier molecular flexibility index (Phi) is 5.76. The van der Waals surface area contributed by atoms with E-state index >= 15 is 0 Å². The van der Waals surface area contributed by atoms with Crippen molar-refractivity contribution in [2.75, 3.05) is 6.61 Å². The van der Waals surface area contributed by atoms with E-state index in [0.717, 1.165) is 19.3 Å². The smallest absolute Gasteiger partial charge is 0.172 e. The molecule has 0 aromatic carbocycles. The number of hydrogen-bond acceptors (Lipinski definition) is 5. The Labute approximate surface area is 151 Å². The molecule has 2 aliphatic rings. The number of ether oxygens (including phenoxy) is 1. The van der Waals surface area contributed by atoms with Gasteiger partial charge in [-0.05, 0) is 37.5 Å². The maximum absolute atomic E-state index is 12.3. The predicted molar refractivity (Wildman–Crippen MR) is 95.9 cm³/mol.